The summed E-state index contributed by atoms with van der Waals surface area (Å²) in [6.45, 7) is 5.36. The number of aromatic nitrogens is 1. The molecule has 0 atom stereocenters. The van der Waals surface area contributed by atoms with Crippen LogP contribution in [0.2, 0.25) is 0 Å². The second-order valence-corrected chi connectivity index (χ2v) is 5.07. The van der Waals surface area contributed by atoms with Crippen molar-refractivity contribution in [2.45, 2.75) is 26.9 Å². The van der Waals surface area contributed by atoms with E-state index < -0.39 is 0 Å². The Hall–Kier alpha value is -2.16. The Bertz CT molecular complexity index is 624. The van der Waals surface area contributed by atoms with Crippen molar-refractivity contribution < 1.29 is 4.79 Å². The Labute approximate surface area is 112 Å². The Kier molecular flexibility index (Phi) is 2.82. The number of nitrogens with zero attached hydrogens (tertiary/aromatic N) is 2. The summed E-state index contributed by atoms with van der Waals surface area (Å²) < 4.78 is 0. The van der Waals surface area contributed by atoms with Gasteiger partial charge in [0.25, 0.3) is 5.91 Å². The van der Waals surface area contributed by atoms with Crippen molar-refractivity contribution >= 4 is 5.91 Å². The lowest BCUT2D eigenvalue weighted by Crippen LogP contribution is -2.25. The minimum atomic E-state index is 0.0844. The molecular formula is C16H16N2O. The molecule has 3 rings (SSSR count). The first-order chi connectivity index (χ1) is 9.15. The van der Waals surface area contributed by atoms with E-state index >= 15 is 0 Å². The van der Waals surface area contributed by atoms with E-state index in [1.54, 1.807) is 6.20 Å². The SMILES string of the molecule is Cc1ccc(C(=O)N2Cc3cccnc3C2)cc1C. The molecule has 3 heteroatoms. The average molecular weight is 252 g/mol. The van der Waals surface area contributed by atoms with Crippen LogP contribution in [0.3, 0.4) is 0 Å². The van der Waals surface area contributed by atoms with E-state index in [1.807, 2.05) is 42.2 Å². The van der Waals surface area contributed by atoms with Crippen LogP contribution < -0.4 is 0 Å². The molecule has 0 fully saturated rings. The van der Waals surface area contributed by atoms with Gasteiger partial charge in [-0.1, -0.05) is 12.1 Å². The van der Waals surface area contributed by atoms with Crippen molar-refractivity contribution in [1.29, 1.82) is 0 Å². The molecule has 19 heavy (non-hydrogen) atoms. The van der Waals surface area contributed by atoms with E-state index in [9.17, 15) is 4.79 Å². The van der Waals surface area contributed by atoms with Gasteiger partial charge in [-0.25, -0.2) is 0 Å². The first kappa shape index (κ1) is 11.9. The number of amides is 1. The van der Waals surface area contributed by atoms with Gasteiger partial charge in [0.2, 0.25) is 0 Å². The maximum Gasteiger partial charge on any atom is 0.254 e. The number of benzene rings is 1. The molecule has 3 nitrogen and oxygen atoms in total. The predicted molar refractivity (Wildman–Crippen MR) is 73.7 cm³/mol. The van der Waals surface area contributed by atoms with Gasteiger partial charge in [-0.3, -0.25) is 9.78 Å². The van der Waals surface area contributed by atoms with E-state index in [0.29, 0.717) is 13.1 Å². The first-order valence-corrected chi connectivity index (χ1v) is 6.44. The van der Waals surface area contributed by atoms with Crippen molar-refractivity contribution in [3.05, 3.63) is 64.5 Å². The largest absolute Gasteiger partial charge is 0.328 e. The van der Waals surface area contributed by atoms with Gasteiger partial charge in [-0.15, -0.1) is 0 Å². The second-order valence-electron chi connectivity index (χ2n) is 5.07. The smallest absolute Gasteiger partial charge is 0.254 e. The maximum atomic E-state index is 12.5. The van der Waals surface area contributed by atoms with E-state index in [1.165, 1.54) is 5.56 Å². The second kappa shape index (κ2) is 4.50. The van der Waals surface area contributed by atoms with Crippen LogP contribution >= 0.6 is 0 Å². The highest BCUT2D eigenvalue weighted by atomic mass is 16.2. The van der Waals surface area contributed by atoms with Gasteiger partial charge >= 0.3 is 0 Å². The topological polar surface area (TPSA) is 33.2 Å². The van der Waals surface area contributed by atoms with Gasteiger partial charge in [0.05, 0.1) is 12.2 Å². The number of carbonyl (C=O) groups is 1. The van der Waals surface area contributed by atoms with Gasteiger partial charge in [-0.05, 0) is 48.7 Å². The third kappa shape index (κ3) is 2.12. The molecule has 0 bridgehead atoms. The van der Waals surface area contributed by atoms with Gasteiger partial charge in [-0.2, -0.15) is 0 Å². The zero-order valence-electron chi connectivity index (χ0n) is 11.2. The lowest BCUT2D eigenvalue weighted by atomic mass is 10.1. The summed E-state index contributed by atoms with van der Waals surface area (Å²) in [5.41, 5.74) is 5.29. The molecule has 1 aromatic heterocycles. The first-order valence-electron chi connectivity index (χ1n) is 6.44. The molecule has 96 valence electrons. The van der Waals surface area contributed by atoms with Crippen LogP contribution in [-0.4, -0.2) is 15.8 Å². The third-order valence-corrected chi connectivity index (χ3v) is 3.73. The molecule has 1 aliphatic heterocycles. The van der Waals surface area contributed by atoms with Gasteiger partial charge in [0.1, 0.15) is 0 Å². The Balaban J connectivity index is 1.85. The van der Waals surface area contributed by atoms with Crippen molar-refractivity contribution in [3.63, 3.8) is 0 Å². The maximum absolute atomic E-state index is 12.5. The Morgan fingerprint density at radius 3 is 2.74 bits per heavy atom. The third-order valence-electron chi connectivity index (χ3n) is 3.73. The van der Waals surface area contributed by atoms with Crippen molar-refractivity contribution in [3.8, 4) is 0 Å². The summed E-state index contributed by atoms with van der Waals surface area (Å²) in [5, 5.41) is 0. The number of rotatable bonds is 1. The summed E-state index contributed by atoms with van der Waals surface area (Å²) in [5.74, 6) is 0.0844. The summed E-state index contributed by atoms with van der Waals surface area (Å²) >= 11 is 0. The van der Waals surface area contributed by atoms with E-state index in [-0.39, 0.29) is 5.91 Å². The van der Waals surface area contributed by atoms with Crippen LogP contribution in [0, 0.1) is 13.8 Å². The lowest BCUT2D eigenvalue weighted by molar-refractivity contribution is 0.0750. The minimum Gasteiger partial charge on any atom is -0.328 e. The summed E-state index contributed by atoms with van der Waals surface area (Å²) in [7, 11) is 0. The van der Waals surface area contributed by atoms with Crippen molar-refractivity contribution in [2.75, 3.05) is 0 Å². The fraction of sp³-hybridized carbons (Fsp3) is 0.250. The average Bonchev–Trinajstić information content (AvgIpc) is 2.85. The van der Waals surface area contributed by atoms with Crippen LogP contribution in [-0.2, 0) is 13.1 Å². The molecule has 1 aliphatic rings. The zero-order chi connectivity index (χ0) is 13.4. The van der Waals surface area contributed by atoms with E-state index in [0.717, 1.165) is 22.4 Å². The number of pyridine rings is 1. The minimum absolute atomic E-state index is 0.0844. The van der Waals surface area contributed by atoms with Crippen LogP contribution in [0.1, 0.15) is 32.7 Å². The fourth-order valence-electron chi connectivity index (χ4n) is 2.40. The van der Waals surface area contributed by atoms with Gasteiger partial charge in [0, 0.05) is 18.3 Å². The molecule has 0 aliphatic carbocycles. The Morgan fingerprint density at radius 1 is 1.16 bits per heavy atom. The van der Waals surface area contributed by atoms with Crippen LogP contribution in [0.25, 0.3) is 0 Å². The molecule has 0 saturated carbocycles. The monoisotopic (exact) mass is 252 g/mol. The van der Waals surface area contributed by atoms with Crippen LogP contribution in [0.4, 0.5) is 0 Å². The van der Waals surface area contributed by atoms with Crippen molar-refractivity contribution in [2.24, 2.45) is 0 Å². The summed E-state index contributed by atoms with van der Waals surface area (Å²) in [6, 6.07) is 9.83. The molecule has 0 spiro atoms. The molecule has 1 aromatic carbocycles. The lowest BCUT2D eigenvalue weighted by Gasteiger charge is -2.15. The molecule has 2 heterocycles. The van der Waals surface area contributed by atoms with Crippen molar-refractivity contribution in [1.82, 2.24) is 9.88 Å². The van der Waals surface area contributed by atoms with E-state index in [2.05, 4.69) is 11.9 Å². The highest BCUT2D eigenvalue weighted by Gasteiger charge is 2.24. The number of fused-ring (bicyclic) bond motifs is 1. The molecule has 0 N–H and O–H groups in total. The highest BCUT2D eigenvalue weighted by Crippen LogP contribution is 2.22. The number of hydrogen-bond donors (Lipinski definition) is 0. The van der Waals surface area contributed by atoms with Crippen LogP contribution in [0.15, 0.2) is 36.5 Å². The normalized spacial score (nSPS) is 13.5. The van der Waals surface area contributed by atoms with E-state index in [4.69, 9.17) is 0 Å². The standard InChI is InChI=1S/C16H16N2O/c1-11-5-6-13(8-12(11)2)16(19)18-9-14-4-3-7-17-15(14)10-18/h3-8H,9-10H2,1-2H3. The number of carbonyl (C=O) groups excluding carboxylic acids is 1. The number of hydrogen-bond acceptors (Lipinski definition) is 2. The fourth-order valence-corrected chi connectivity index (χ4v) is 2.40. The quantitative estimate of drug-likeness (QED) is 0.782. The molecule has 0 unspecified atom stereocenters. The molecular weight excluding hydrogens is 236 g/mol. The predicted octanol–water partition coefficient (Wildman–Crippen LogP) is 2.85. The summed E-state index contributed by atoms with van der Waals surface area (Å²) in [6.07, 6.45) is 1.78. The highest BCUT2D eigenvalue weighted by molar-refractivity contribution is 5.94. The van der Waals surface area contributed by atoms with Crippen LogP contribution in [0.5, 0.6) is 0 Å². The molecule has 2 aromatic rings. The number of aryl methyl sites for hydroxylation is 2. The molecule has 1 amide bonds. The molecule has 0 saturated heterocycles. The Morgan fingerprint density at radius 2 is 2.00 bits per heavy atom. The zero-order valence-corrected chi connectivity index (χ0v) is 11.2. The van der Waals surface area contributed by atoms with Gasteiger partial charge in [0.15, 0.2) is 0 Å². The molecule has 0 radical (unpaired) electrons. The van der Waals surface area contributed by atoms with Gasteiger partial charge < -0.3 is 4.90 Å². The summed E-state index contributed by atoms with van der Waals surface area (Å²) in [4.78, 5) is 18.6.